The monoisotopic (exact) mass is 377 g/mol. The van der Waals surface area contributed by atoms with Crippen molar-refractivity contribution in [1.29, 1.82) is 0 Å². The summed E-state index contributed by atoms with van der Waals surface area (Å²) in [6.45, 7) is 4.44. The first-order chi connectivity index (χ1) is 13.5. The summed E-state index contributed by atoms with van der Waals surface area (Å²) in [5.74, 6) is 0.329. The highest BCUT2D eigenvalue weighted by Gasteiger charge is 2.43. The van der Waals surface area contributed by atoms with Crippen LogP contribution < -0.4 is 10.2 Å². The Morgan fingerprint density at radius 3 is 2.71 bits per heavy atom. The highest BCUT2D eigenvalue weighted by molar-refractivity contribution is 5.98. The molecule has 2 aromatic carbocycles. The average Bonchev–Trinajstić information content (AvgIpc) is 3.01. The van der Waals surface area contributed by atoms with Crippen LogP contribution in [0, 0.1) is 6.92 Å². The van der Waals surface area contributed by atoms with E-state index < -0.39 is 0 Å². The molecule has 1 saturated heterocycles. The van der Waals surface area contributed by atoms with Crippen LogP contribution in [0.5, 0.6) is 0 Å². The molecule has 0 aromatic heterocycles. The maximum absolute atomic E-state index is 13.1. The Bertz CT molecular complexity index is 881. The zero-order chi connectivity index (χ0) is 19.7. The number of rotatable bonds is 4. The minimum absolute atomic E-state index is 0.0931. The first-order valence-electron chi connectivity index (χ1n) is 9.99. The molecule has 2 aromatic rings. The van der Waals surface area contributed by atoms with Gasteiger partial charge in [-0.15, -0.1) is 0 Å². The molecule has 5 nitrogen and oxygen atoms in total. The van der Waals surface area contributed by atoms with Crippen molar-refractivity contribution in [1.82, 2.24) is 10.2 Å². The number of hydrogen-bond acceptors (Lipinski definition) is 3. The van der Waals surface area contributed by atoms with E-state index >= 15 is 0 Å². The van der Waals surface area contributed by atoms with E-state index in [1.54, 1.807) is 12.1 Å². The zero-order valence-electron chi connectivity index (χ0n) is 16.5. The van der Waals surface area contributed by atoms with Crippen molar-refractivity contribution in [2.45, 2.75) is 31.7 Å². The molecule has 1 N–H and O–H groups in total. The molecule has 5 heteroatoms. The van der Waals surface area contributed by atoms with E-state index in [1.165, 1.54) is 11.1 Å². The molecular formula is C23H27N3O2. The summed E-state index contributed by atoms with van der Waals surface area (Å²) in [7, 11) is 2.15. The third-order valence-corrected chi connectivity index (χ3v) is 5.88. The average molecular weight is 377 g/mol. The number of aryl methyl sites for hydroxylation is 1. The quantitative estimate of drug-likeness (QED) is 0.891. The number of fused-ring (bicyclic) bond motifs is 3. The first kappa shape index (κ1) is 18.7. The van der Waals surface area contributed by atoms with Gasteiger partial charge in [0, 0.05) is 42.7 Å². The lowest BCUT2D eigenvalue weighted by Gasteiger charge is -2.36. The van der Waals surface area contributed by atoms with Gasteiger partial charge in [-0.3, -0.25) is 9.59 Å². The molecule has 2 amide bonds. The maximum atomic E-state index is 13.1. The molecule has 2 aliphatic rings. The third-order valence-electron chi connectivity index (χ3n) is 5.88. The van der Waals surface area contributed by atoms with Crippen LogP contribution in [0.1, 0.15) is 40.2 Å². The fourth-order valence-electron chi connectivity index (χ4n) is 4.50. The number of likely N-dealkylation sites (tertiary alicyclic amines) is 1. The van der Waals surface area contributed by atoms with Gasteiger partial charge < -0.3 is 15.1 Å². The molecule has 2 atom stereocenters. The number of nitrogens with one attached hydrogen (secondary N) is 1. The lowest BCUT2D eigenvalue weighted by Crippen LogP contribution is -2.47. The molecule has 0 unspecified atom stereocenters. The molecule has 1 fully saturated rings. The predicted molar refractivity (Wildman–Crippen MR) is 111 cm³/mol. The van der Waals surface area contributed by atoms with Crippen molar-refractivity contribution in [2.75, 3.05) is 31.6 Å². The van der Waals surface area contributed by atoms with Crippen LogP contribution in [0.3, 0.4) is 0 Å². The van der Waals surface area contributed by atoms with Gasteiger partial charge in [-0.25, -0.2) is 0 Å². The highest BCUT2D eigenvalue weighted by atomic mass is 16.2. The number of carbonyl (C=O) groups is 2. The minimum atomic E-state index is -0.136. The standard InChI is InChI=1S/C23H27N3O2/c1-16-8-9-20-18(14-16)19-15-25(2)13-11-21(19)26(20)22(27)10-12-24-23(28)17-6-4-3-5-7-17/h3-9,14,19,21H,10-13,15H2,1-2H3,(H,24,28)/t19-,21+/m1/s1. The summed E-state index contributed by atoms with van der Waals surface area (Å²) in [5.41, 5.74) is 4.19. The van der Waals surface area contributed by atoms with Gasteiger partial charge in [0.25, 0.3) is 5.91 Å². The van der Waals surface area contributed by atoms with E-state index in [0.29, 0.717) is 24.4 Å². The Morgan fingerprint density at radius 1 is 1.14 bits per heavy atom. The van der Waals surface area contributed by atoms with E-state index in [0.717, 1.165) is 25.2 Å². The smallest absolute Gasteiger partial charge is 0.251 e. The van der Waals surface area contributed by atoms with Crippen molar-refractivity contribution in [3.05, 3.63) is 65.2 Å². The normalized spacial score (nSPS) is 21.1. The SMILES string of the molecule is Cc1ccc2c(c1)[C@H]1CN(C)CC[C@@H]1N2C(=O)CCNC(=O)c1ccccc1. The second-order valence-corrected chi connectivity index (χ2v) is 7.92. The van der Waals surface area contributed by atoms with Crippen LogP contribution in [0.15, 0.2) is 48.5 Å². The summed E-state index contributed by atoms with van der Waals surface area (Å²) >= 11 is 0. The highest BCUT2D eigenvalue weighted by Crippen LogP contribution is 2.45. The van der Waals surface area contributed by atoms with E-state index in [2.05, 4.69) is 42.4 Å². The molecule has 2 heterocycles. The van der Waals surface area contributed by atoms with Crippen LogP contribution in [-0.4, -0.2) is 49.4 Å². The predicted octanol–water partition coefficient (Wildman–Crippen LogP) is 2.95. The largest absolute Gasteiger partial charge is 0.352 e. The van der Waals surface area contributed by atoms with E-state index in [1.807, 2.05) is 23.1 Å². The van der Waals surface area contributed by atoms with Gasteiger partial charge in [0.05, 0.1) is 0 Å². The number of piperidine rings is 1. The van der Waals surface area contributed by atoms with Crippen molar-refractivity contribution < 1.29 is 9.59 Å². The van der Waals surface area contributed by atoms with Gasteiger partial charge in [0.1, 0.15) is 0 Å². The second kappa shape index (κ2) is 7.76. The number of carbonyl (C=O) groups excluding carboxylic acids is 2. The zero-order valence-corrected chi connectivity index (χ0v) is 16.5. The van der Waals surface area contributed by atoms with Crippen molar-refractivity contribution >= 4 is 17.5 Å². The molecule has 4 rings (SSSR count). The van der Waals surface area contributed by atoms with Gasteiger partial charge in [-0.05, 0) is 50.7 Å². The van der Waals surface area contributed by atoms with Gasteiger partial charge in [-0.2, -0.15) is 0 Å². The summed E-state index contributed by atoms with van der Waals surface area (Å²) in [6.07, 6.45) is 1.29. The molecule has 28 heavy (non-hydrogen) atoms. The van der Waals surface area contributed by atoms with Gasteiger partial charge in [0.2, 0.25) is 5.91 Å². The lowest BCUT2D eigenvalue weighted by molar-refractivity contribution is -0.119. The van der Waals surface area contributed by atoms with Crippen LogP contribution in [0.25, 0.3) is 0 Å². The maximum Gasteiger partial charge on any atom is 0.251 e. The Balaban J connectivity index is 1.46. The van der Waals surface area contributed by atoms with Crippen LogP contribution in [-0.2, 0) is 4.79 Å². The number of hydrogen-bond donors (Lipinski definition) is 1. The molecule has 0 bridgehead atoms. The number of nitrogens with zero attached hydrogens (tertiary/aromatic N) is 2. The van der Waals surface area contributed by atoms with Crippen LogP contribution >= 0.6 is 0 Å². The number of benzene rings is 2. The van der Waals surface area contributed by atoms with Gasteiger partial charge in [0.15, 0.2) is 0 Å². The lowest BCUT2D eigenvalue weighted by atomic mass is 9.89. The summed E-state index contributed by atoms with van der Waals surface area (Å²) in [5, 5.41) is 2.87. The molecule has 0 spiro atoms. The Labute approximate surface area is 166 Å². The fourth-order valence-corrected chi connectivity index (χ4v) is 4.50. The third kappa shape index (κ3) is 3.54. The van der Waals surface area contributed by atoms with Gasteiger partial charge in [-0.1, -0.05) is 35.9 Å². The summed E-state index contributed by atoms with van der Waals surface area (Å²) in [6, 6.07) is 15.7. The van der Waals surface area contributed by atoms with Crippen LogP contribution in [0.2, 0.25) is 0 Å². The van der Waals surface area contributed by atoms with E-state index in [9.17, 15) is 9.59 Å². The van der Waals surface area contributed by atoms with Crippen molar-refractivity contribution in [3.8, 4) is 0 Å². The van der Waals surface area contributed by atoms with Gasteiger partial charge >= 0.3 is 0 Å². The Morgan fingerprint density at radius 2 is 1.93 bits per heavy atom. The van der Waals surface area contributed by atoms with Crippen molar-refractivity contribution in [3.63, 3.8) is 0 Å². The number of amides is 2. The number of anilines is 1. The van der Waals surface area contributed by atoms with Crippen LogP contribution in [0.4, 0.5) is 5.69 Å². The summed E-state index contributed by atoms with van der Waals surface area (Å²) in [4.78, 5) is 29.7. The Kier molecular flexibility index (Phi) is 5.18. The fraction of sp³-hybridized carbons (Fsp3) is 0.391. The topological polar surface area (TPSA) is 52.6 Å². The molecule has 0 radical (unpaired) electrons. The number of likely N-dealkylation sites (N-methyl/N-ethyl adjacent to an activating group) is 1. The molecule has 0 saturated carbocycles. The second-order valence-electron chi connectivity index (χ2n) is 7.92. The molecular weight excluding hydrogens is 350 g/mol. The Hall–Kier alpha value is -2.66. The molecule has 2 aliphatic heterocycles. The van der Waals surface area contributed by atoms with Crippen molar-refractivity contribution in [2.24, 2.45) is 0 Å². The first-order valence-corrected chi connectivity index (χ1v) is 9.99. The molecule has 0 aliphatic carbocycles. The minimum Gasteiger partial charge on any atom is -0.352 e. The van der Waals surface area contributed by atoms with E-state index in [-0.39, 0.29) is 17.9 Å². The van der Waals surface area contributed by atoms with E-state index in [4.69, 9.17) is 0 Å². The molecule has 146 valence electrons. The summed E-state index contributed by atoms with van der Waals surface area (Å²) < 4.78 is 0.